The quantitative estimate of drug-likeness (QED) is 0.534. The van der Waals surface area contributed by atoms with Crippen LogP contribution in [-0.2, 0) is 4.79 Å². The Morgan fingerprint density at radius 2 is 1.93 bits per heavy atom. The maximum absolute atomic E-state index is 11.1. The lowest BCUT2D eigenvalue weighted by atomic mass is 9.95. The molecule has 0 aliphatic heterocycles. The molecule has 0 saturated heterocycles. The summed E-state index contributed by atoms with van der Waals surface area (Å²) >= 11 is 1.63. The molecule has 3 rings (SSSR count). The SMILES string of the molecule is COc1ccc(-c2nnc(SCCNC(C)=O)n2C2CCCCC2)cc1OC. The van der Waals surface area contributed by atoms with E-state index in [0.29, 0.717) is 24.1 Å². The van der Waals surface area contributed by atoms with Crippen molar-refractivity contribution < 1.29 is 14.3 Å². The minimum Gasteiger partial charge on any atom is -0.493 e. The summed E-state index contributed by atoms with van der Waals surface area (Å²) in [6, 6.07) is 6.25. The number of methoxy groups -OCH3 is 2. The molecule has 1 heterocycles. The van der Waals surface area contributed by atoms with Crippen molar-refractivity contribution in [3.8, 4) is 22.9 Å². The molecular formula is C20H28N4O3S. The van der Waals surface area contributed by atoms with Gasteiger partial charge in [0.1, 0.15) is 0 Å². The van der Waals surface area contributed by atoms with E-state index in [-0.39, 0.29) is 5.91 Å². The Hall–Kier alpha value is -2.22. The number of nitrogens with one attached hydrogen (secondary N) is 1. The second-order valence-corrected chi connectivity index (χ2v) is 7.93. The van der Waals surface area contributed by atoms with E-state index in [4.69, 9.17) is 9.47 Å². The maximum atomic E-state index is 11.1. The van der Waals surface area contributed by atoms with Gasteiger partial charge in [0.2, 0.25) is 5.91 Å². The number of rotatable bonds is 8. The van der Waals surface area contributed by atoms with Gasteiger partial charge >= 0.3 is 0 Å². The largest absolute Gasteiger partial charge is 0.493 e. The Labute approximate surface area is 170 Å². The number of ether oxygens (including phenoxy) is 2. The summed E-state index contributed by atoms with van der Waals surface area (Å²) in [6.07, 6.45) is 6.01. The van der Waals surface area contributed by atoms with Crippen molar-refractivity contribution in [1.82, 2.24) is 20.1 Å². The summed E-state index contributed by atoms with van der Waals surface area (Å²) in [7, 11) is 3.27. The monoisotopic (exact) mass is 404 g/mol. The van der Waals surface area contributed by atoms with E-state index in [2.05, 4.69) is 20.1 Å². The van der Waals surface area contributed by atoms with Gasteiger partial charge < -0.3 is 14.8 Å². The Kier molecular flexibility index (Phi) is 7.19. The Morgan fingerprint density at radius 3 is 2.61 bits per heavy atom. The third-order valence-corrected chi connectivity index (χ3v) is 5.90. The van der Waals surface area contributed by atoms with Gasteiger partial charge in [0.25, 0.3) is 0 Å². The minimum absolute atomic E-state index is 0.0136. The maximum Gasteiger partial charge on any atom is 0.216 e. The zero-order chi connectivity index (χ0) is 19.9. The molecular weight excluding hydrogens is 376 g/mol. The van der Waals surface area contributed by atoms with Crippen LogP contribution in [0.15, 0.2) is 23.4 Å². The summed E-state index contributed by atoms with van der Waals surface area (Å²) in [5, 5.41) is 12.7. The molecule has 1 aromatic carbocycles. The van der Waals surface area contributed by atoms with Crippen LogP contribution in [0.3, 0.4) is 0 Å². The smallest absolute Gasteiger partial charge is 0.216 e. The highest BCUT2D eigenvalue weighted by atomic mass is 32.2. The summed E-state index contributed by atoms with van der Waals surface area (Å²) < 4.78 is 13.1. The molecule has 2 aromatic rings. The third kappa shape index (κ3) is 4.79. The topological polar surface area (TPSA) is 78.3 Å². The molecule has 1 aliphatic carbocycles. The number of aromatic nitrogens is 3. The predicted molar refractivity (Wildman–Crippen MR) is 110 cm³/mol. The van der Waals surface area contributed by atoms with Gasteiger partial charge in [0.15, 0.2) is 22.5 Å². The zero-order valence-corrected chi connectivity index (χ0v) is 17.6. The van der Waals surface area contributed by atoms with Crippen LogP contribution in [-0.4, -0.2) is 47.2 Å². The number of benzene rings is 1. The Morgan fingerprint density at radius 1 is 1.18 bits per heavy atom. The van der Waals surface area contributed by atoms with E-state index in [1.54, 1.807) is 26.0 Å². The number of hydrogen-bond acceptors (Lipinski definition) is 6. The van der Waals surface area contributed by atoms with Crippen LogP contribution in [0.4, 0.5) is 0 Å². The molecule has 8 heteroatoms. The van der Waals surface area contributed by atoms with Crippen molar-refractivity contribution in [2.24, 2.45) is 0 Å². The first-order chi connectivity index (χ1) is 13.6. The van der Waals surface area contributed by atoms with Crippen molar-refractivity contribution in [3.05, 3.63) is 18.2 Å². The van der Waals surface area contributed by atoms with Crippen LogP contribution in [0.5, 0.6) is 11.5 Å². The highest BCUT2D eigenvalue weighted by Gasteiger charge is 2.24. The first-order valence-electron chi connectivity index (χ1n) is 9.68. The number of carbonyl (C=O) groups excluding carboxylic acids is 1. The van der Waals surface area contributed by atoms with Gasteiger partial charge in [-0.2, -0.15) is 0 Å². The van der Waals surface area contributed by atoms with E-state index >= 15 is 0 Å². The molecule has 0 bridgehead atoms. The van der Waals surface area contributed by atoms with Crippen LogP contribution < -0.4 is 14.8 Å². The van der Waals surface area contributed by atoms with Crippen molar-refractivity contribution in [3.63, 3.8) is 0 Å². The summed E-state index contributed by atoms with van der Waals surface area (Å²) in [5.41, 5.74) is 0.962. The van der Waals surface area contributed by atoms with Crippen molar-refractivity contribution >= 4 is 17.7 Å². The fourth-order valence-electron chi connectivity index (χ4n) is 3.59. The van der Waals surface area contributed by atoms with Gasteiger partial charge in [-0.3, -0.25) is 9.36 Å². The lowest BCUT2D eigenvalue weighted by Crippen LogP contribution is -2.22. The van der Waals surface area contributed by atoms with Crippen molar-refractivity contribution in [2.45, 2.75) is 50.2 Å². The molecule has 0 spiro atoms. The van der Waals surface area contributed by atoms with Crippen LogP contribution in [0.2, 0.25) is 0 Å². The fraction of sp³-hybridized carbons (Fsp3) is 0.550. The molecule has 0 atom stereocenters. The van der Waals surface area contributed by atoms with Gasteiger partial charge in [0.05, 0.1) is 14.2 Å². The van der Waals surface area contributed by atoms with Gasteiger partial charge in [-0.05, 0) is 31.0 Å². The second-order valence-electron chi connectivity index (χ2n) is 6.87. The van der Waals surface area contributed by atoms with E-state index in [9.17, 15) is 4.79 Å². The van der Waals surface area contributed by atoms with Crippen LogP contribution in [0.25, 0.3) is 11.4 Å². The average molecular weight is 405 g/mol. The zero-order valence-electron chi connectivity index (χ0n) is 16.7. The number of amides is 1. The summed E-state index contributed by atoms with van der Waals surface area (Å²) in [5.74, 6) is 2.98. The summed E-state index contributed by atoms with van der Waals surface area (Å²) in [6.45, 7) is 2.15. The number of hydrogen-bond donors (Lipinski definition) is 1. The van der Waals surface area contributed by atoms with Crippen LogP contribution in [0, 0.1) is 0 Å². The lowest BCUT2D eigenvalue weighted by Gasteiger charge is -2.25. The molecule has 1 fully saturated rings. The first-order valence-corrected chi connectivity index (χ1v) is 10.7. The van der Waals surface area contributed by atoms with Crippen LogP contribution in [0.1, 0.15) is 45.1 Å². The molecule has 7 nitrogen and oxygen atoms in total. The average Bonchev–Trinajstić information content (AvgIpc) is 3.15. The molecule has 1 amide bonds. The lowest BCUT2D eigenvalue weighted by molar-refractivity contribution is -0.118. The Balaban J connectivity index is 1.90. The normalized spacial score (nSPS) is 14.7. The molecule has 1 aromatic heterocycles. The Bertz CT molecular complexity index is 803. The highest BCUT2D eigenvalue weighted by molar-refractivity contribution is 7.99. The highest BCUT2D eigenvalue weighted by Crippen LogP contribution is 2.37. The standard InChI is InChI=1S/C20H28N4O3S/c1-14(25)21-11-12-28-20-23-22-19(24(20)16-7-5-4-6-8-16)15-9-10-17(26-2)18(13-15)27-3/h9-10,13,16H,4-8,11-12H2,1-3H3,(H,21,25). The number of carbonyl (C=O) groups is 1. The molecule has 28 heavy (non-hydrogen) atoms. The van der Waals surface area contributed by atoms with Gasteiger partial charge in [-0.25, -0.2) is 0 Å². The molecule has 0 unspecified atom stereocenters. The van der Waals surface area contributed by atoms with E-state index < -0.39 is 0 Å². The van der Waals surface area contributed by atoms with Crippen LogP contribution >= 0.6 is 11.8 Å². The molecule has 1 N–H and O–H groups in total. The minimum atomic E-state index is -0.0136. The van der Waals surface area contributed by atoms with E-state index in [1.807, 2.05) is 18.2 Å². The first kappa shape index (κ1) is 20.5. The third-order valence-electron chi connectivity index (χ3n) is 4.95. The van der Waals surface area contributed by atoms with Gasteiger partial charge in [-0.15, -0.1) is 10.2 Å². The molecule has 152 valence electrons. The predicted octanol–water partition coefficient (Wildman–Crippen LogP) is 3.70. The van der Waals surface area contributed by atoms with E-state index in [1.165, 1.54) is 26.2 Å². The molecule has 0 radical (unpaired) electrons. The second kappa shape index (κ2) is 9.82. The number of thioether (sulfide) groups is 1. The van der Waals surface area contributed by atoms with E-state index in [0.717, 1.165) is 35.1 Å². The summed E-state index contributed by atoms with van der Waals surface area (Å²) in [4.78, 5) is 11.1. The van der Waals surface area contributed by atoms with Gasteiger partial charge in [-0.1, -0.05) is 31.0 Å². The van der Waals surface area contributed by atoms with Crippen molar-refractivity contribution in [1.29, 1.82) is 0 Å². The molecule has 1 aliphatic rings. The fourth-order valence-corrected chi connectivity index (χ4v) is 4.45. The number of nitrogens with zero attached hydrogens (tertiary/aromatic N) is 3. The van der Waals surface area contributed by atoms with Crippen molar-refractivity contribution in [2.75, 3.05) is 26.5 Å². The molecule has 1 saturated carbocycles. The van der Waals surface area contributed by atoms with Gasteiger partial charge in [0, 0.05) is 30.8 Å².